The molecule has 1 N–H and O–H groups in total. The smallest absolute Gasteiger partial charge is 0.256 e. The van der Waals surface area contributed by atoms with Crippen molar-refractivity contribution in [1.29, 1.82) is 0 Å². The van der Waals surface area contributed by atoms with Crippen LogP contribution >= 0.6 is 58.0 Å². The normalized spacial score (nSPS) is 10.9. The molecule has 0 radical (unpaired) electrons. The van der Waals surface area contributed by atoms with E-state index in [1.165, 1.54) is 0 Å². The standard InChI is InChI=1S/C24H16Cl5N3O2/c25-17-6-2-7-18(26)16(17)11-32-12-20(28)23(31-32)30-24(33)15-5-1-4-14(10-15)13-34-21-9-3-8-19(27)22(21)29/h1-10,12H,11,13H2,(H,30,31,33). The molecular formula is C24H16Cl5N3O2. The predicted molar refractivity (Wildman–Crippen MR) is 138 cm³/mol. The number of carbonyl (C=O) groups is 1. The maximum Gasteiger partial charge on any atom is 0.256 e. The van der Waals surface area contributed by atoms with Crippen molar-refractivity contribution in [2.45, 2.75) is 13.2 Å². The van der Waals surface area contributed by atoms with Gasteiger partial charge >= 0.3 is 0 Å². The zero-order chi connectivity index (χ0) is 24.2. The average Bonchev–Trinajstić information content (AvgIpc) is 3.16. The second-order valence-corrected chi connectivity index (χ2v) is 9.23. The molecule has 1 heterocycles. The van der Waals surface area contributed by atoms with Gasteiger partial charge in [0.2, 0.25) is 0 Å². The Morgan fingerprint density at radius 3 is 2.32 bits per heavy atom. The molecule has 0 unspecified atom stereocenters. The zero-order valence-corrected chi connectivity index (χ0v) is 21.1. The highest BCUT2D eigenvalue weighted by Crippen LogP contribution is 2.32. The van der Waals surface area contributed by atoms with Crippen LogP contribution in [0.3, 0.4) is 0 Å². The van der Waals surface area contributed by atoms with Gasteiger partial charge in [0.15, 0.2) is 5.82 Å². The molecular weight excluding hydrogens is 540 g/mol. The van der Waals surface area contributed by atoms with E-state index in [9.17, 15) is 4.79 Å². The molecule has 1 aromatic heterocycles. The highest BCUT2D eigenvalue weighted by atomic mass is 35.5. The lowest BCUT2D eigenvalue weighted by molar-refractivity contribution is 0.102. The third-order valence-corrected chi connectivity index (χ3v) is 6.62. The van der Waals surface area contributed by atoms with Crippen LogP contribution in [0.1, 0.15) is 21.5 Å². The van der Waals surface area contributed by atoms with Crippen LogP contribution in [0.5, 0.6) is 5.75 Å². The van der Waals surface area contributed by atoms with Crippen LogP contribution in [0.25, 0.3) is 0 Å². The van der Waals surface area contributed by atoms with E-state index >= 15 is 0 Å². The van der Waals surface area contributed by atoms with Crippen molar-refractivity contribution in [3.63, 3.8) is 0 Å². The van der Waals surface area contributed by atoms with E-state index in [4.69, 9.17) is 62.7 Å². The lowest BCUT2D eigenvalue weighted by atomic mass is 10.1. The highest BCUT2D eigenvalue weighted by molar-refractivity contribution is 6.43. The lowest BCUT2D eigenvalue weighted by Crippen LogP contribution is -2.13. The molecule has 0 aliphatic heterocycles. The van der Waals surface area contributed by atoms with Crippen molar-refractivity contribution >= 4 is 69.7 Å². The van der Waals surface area contributed by atoms with E-state index < -0.39 is 0 Å². The Labute approximate surface area is 221 Å². The minimum atomic E-state index is -0.370. The molecule has 1 amide bonds. The molecule has 0 saturated heterocycles. The van der Waals surface area contributed by atoms with Gasteiger partial charge in [0, 0.05) is 27.4 Å². The summed E-state index contributed by atoms with van der Waals surface area (Å²) in [6.07, 6.45) is 1.59. The first-order valence-corrected chi connectivity index (χ1v) is 11.8. The van der Waals surface area contributed by atoms with E-state index in [2.05, 4.69) is 10.4 Å². The molecule has 3 aromatic carbocycles. The van der Waals surface area contributed by atoms with Gasteiger partial charge in [-0.05, 0) is 42.0 Å². The van der Waals surface area contributed by atoms with Gasteiger partial charge in [0.1, 0.15) is 22.4 Å². The second kappa shape index (κ2) is 10.9. The van der Waals surface area contributed by atoms with Crippen molar-refractivity contribution in [2.24, 2.45) is 0 Å². The monoisotopic (exact) mass is 553 g/mol. The fourth-order valence-corrected chi connectivity index (χ4v) is 4.21. The first-order valence-electron chi connectivity index (χ1n) is 9.95. The van der Waals surface area contributed by atoms with Gasteiger partial charge in [-0.3, -0.25) is 9.48 Å². The highest BCUT2D eigenvalue weighted by Gasteiger charge is 2.15. The average molecular weight is 556 g/mol. The Morgan fingerprint density at radius 1 is 0.882 bits per heavy atom. The molecule has 4 rings (SSSR count). The number of hydrogen-bond donors (Lipinski definition) is 1. The Kier molecular flexibility index (Phi) is 7.91. The van der Waals surface area contributed by atoms with E-state index in [1.54, 1.807) is 65.5 Å². The van der Waals surface area contributed by atoms with Gasteiger partial charge in [-0.1, -0.05) is 82.3 Å². The van der Waals surface area contributed by atoms with Crippen LogP contribution in [0.4, 0.5) is 5.82 Å². The minimum absolute atomic E-state index is 0.204. The molecule has 0 spiro atoms. The summed E-state index contributed by atoms with van der Waals surface area (Å²) in [5, 5.41) is 9.14. The van der Waals surface area contributed by atoms with Crippen molar-refractivity contribution in [1.82, 2.24) is 9.78 Å². The first kappa shape index (κ1) is 24.7. The van der Waals surface area contributed by atoms with Gasteiger partial charge in [-0.25, -0.2) is 0 Å². The zero-order valence-electron chi connectivity index (χ0n) is 17.4. The fourth-order valence-electron chi connectivity index (χ4n) is 3.15. The Balaban J connectivity index is 1.44. The summed E-state index contributed by atoms with van der Waals surface area (Å²) in [6, 6.07) is 17.4. The number of hydrogen-bond acceptors (Lipinski definition) is 3. The summed E-state index contributed by atoms with van der Waals surface area (Å²) in [5.74, 6) is 0.313. The number of nitrogens with one attached hydrogen (secondary N) is 1. The first-order chi connectivity index (χ1) is 16.3. The van der Waals surface area contributed by atoms with Crippen LogP contribution in [0.2, 0.25) is 25.1 Å². The molecule has 4 aromatic rings. The van der Waals surface area contributed by atoms with Crippen LogP contribution < -0.4 is 10.1 Å². The third-order valence-electron chi connectivity index (χ3n) is 4.83. The molecule has 5 nitrogen and oxygen atoms in total. The number of nitrogens with zero attached hydrogens (tertiary/aromatic N) is 2. The molecule has 34 heavy (non-hydrogen) atoms. The fraction of sp³-hybridized carbons (Fsp3) is 0.0833. The van der Waals surface area contributed by atoms with Crippen molar-refractivity contribution in [3.05, 3.63) is 109 Å². The van der Waals surface area contributed by atoms with Gasteiger partial charge in [-0.2, -0.15) is 5.10 Å². The van der Waals surface area contributed by atoms with Crippen LogP contribution in [-0.2, 0) is 13.2 Å². The van der Waals surface area contributed by atoms with E-state index in [0.717, 1.165) is 5.56 Å². The van der Waals surface area contributed by atoms with Crippen LogP contribution in [0.15, 0.2) is 66.9 Å². The Bertz CT molecular complexity index is 1340. The summed E-state index contributed by atoms with van der Waals surface area (Å²) in [5.41, 5.74) is 1.89. The largest absolute Gasteiger partial charge is 0.487 e. The van der Waals surface area contributed by atoms with Gasteiger partial charge in [0.05, 0.1) is 11.6 Å². The number of benzene rings is 3. The number of anilines is 1. The summed E-state index contributed by atoms with van der Waals surface area (Å²) < 4.78 is 7.31. The van der Waals surface area contributed by atoms with Crippen LogP contribution in [-0.4, -0.2) is 15.7 Å². The Hall–Kier alpha value is -2.41. The third kappa shape index (κ3) is 5.80. The maximum absolute atomic E-state index is 12.8. The molecule has 0 aliphatic rings. The number of rotatable bonds is 7. The van der Waals surface area contributed by atoms with E-state index in [0.29, 0.717) is 43.5 Å². The minimum Gasteiger partial charge on any atom is -0.487 e. The number of carbonyl (C=O) groups excluding carboxylic acids is 1. The van der Waals surface area contributed by atoms with Crippen LogP contribution in [0, 0.1) is 0 Å². The van der Waals surface area contributed by atoms with Gasteiger partial charge in [0.25, 0.3) is 5.91 Å². The van der Waals surface area contributed by atoms with Gasteiger partial charge < -0.3 is 10.1 Å². The summed E-state index contributed by atoms with van der Waals surface area (Å²) >= 11 is 30.9. The topological polar surface area (TPSA) is 56.2 Å². The van der Waals surface area contributed by atoms with E-state index in [-0.39, 0.29) is 23.4 Å². The van der Waals surface area contributed by atoms with Crippen molar-refractivity contribution < 1.29 is 9.53 Å². The molecule has 10 heteroatoms. The number of halogens is 5. The summed E-state index contributed by atoms with van der Waals surface area (Å²) in [7, 11) is 0. The molecule has 0 bridgehead atoms. The summed E-state index contributed by atoms with van der Waals surface area (Å²) in [6.45, 7) is 0.502. The second-order valence-electron chi connectivity index (χ2n) is 7.22. The molecule has 0 atom stereocenters. The maximum atomic E-state index is 12.8. The lowest BCUT2D eigenvalue weighted by Gasteiger charge is -2.10. The Morgan fingerprint density at radius 2 is 1.56 bits per heavy atom. The van der Waals surface area contributed by atoms with Crippen molar-refractivity contribution in [2.75, 3.05) is 5.32 Å². The SMILES string of the molecule is O=C(Nc1nn(Cc2c(Cl)cccc2Cl)cc1Cl)c1cccc(COc2cccc(Cl)c2Cl)c1. The number of amides is 1. The van der Waals surface area contributed by atoms with Gasteiger partial charge in [-0.15, -0.1) is 0 Å². The molecule has 0 saturated carbocycles. The van der Waals surface area contributed by atoms with E-state index in [1.807, 2.05) is 6.07 Å². The quantitative estimate of drug-likeness (QED) is 0.251. The molecule has 0 aliphatic carbocycles. The predicted octanol–water partition coefficient (Wildman–Crippen LogP) is 8.03. The molecule has 174 valence electrons. The van der Waals surface area contributed by atoms with Crippen molar-refractivity contribution in [3.8, 4) is 5.75 Å². The number of ether oxygens (including phenoxy) is 1. The molecule has 0 fully saturated rings. The number of aromatic nitrogens is 2. The summed E-state index contributed by atoms with van der Waals surface area (Å²) in [4.78, 5) is 12.8.